The Morgan fingerprint density at radius 1 is 1.08 bits per heavy atom. The second-order valence-electron chi connectivity index (χ2n) is 5.24. The van der Waals surface area contributed by atoms with Crippen molar-refractivity contribution in [3.8, 4) is 0 Å². The number of carbonyl (C=O) groups excluding carboxylic acids is 2. The summed E-state index contributed by atoms with van der Waals surface area (Å²) in [5.41, 5.74) is 0.618. The minimum absolute atomic E-state index is 0.0394. The summed E-state index contributed by atoms with van der Waals surface area (Å²) in [4.78, 5) is 26.8. The van der Waals surface area contributed by atoms with E-state index in [0.29, 0.717) is 36.5 Å². The summed E-state index contributed by atoms with van der Waals surface area (Å²) in [7, 11) is 0. The predicted molar refractivity (Wildman–Crippen MR) is 88.4 cm³/mol. The molecule has 1 atom stereocenters. The van der Waals surface area contributed by atoms with Gasteiger partial charge in [-0.3, -0.25) is 4.79 Å². The normalized spacial score (nSPS) is 15.8. The highest BCUT2D eigenvalue weighted by Gasteiger charge is 2.31. The van der Waals surface area contributed by atoms with E-state index in [2.05, 4.69) is 15.9 Å². The zero-order valence-corrected chi connectivity index (χ0v) is 14.4. The maximum absolute atomic E-state index is 12.8. The van der Waals surface area contributed by atoms with Crippen LogP contribution in [0.1, 0.15) is 22.2 Å². The van der Waals surface area contributed by atoms with E-state index < -0.39 is 12.1 Å². The van der Waals surface area contributed by atoms with Crippen LogP contribution in [0, 0.1) is 0 Å². The number of nitrogens with zero attached hydrogens (tertiary/aromatic N) is 1. The first kappa shape index (κ1) is 16.7. The minimum Gasteiger partial charge on any atom is -0.442 e. The third-order valence-corrected chi connectivity index (χ3v) is 4.07. The quantitative estimate of drug-likeness (QED) is 0.746. The molecular formula is C17H16BrNO5. The molecule has 0 N–H and O–H groups in total. The van der Waals surface area contributed by atoms with Gasteiger partial charge >= 0.3 is 5.97 Å². The topological polar surface area (TPSA) is 69.0 Å². The fraction of sp³-hybridized carbons (Fsp3) is 0.294. The monoisotopic (exact) mass is 393 g/mol. The molecular weight excluding hydrogens is 378 g/mol. The van der Waals surface area contributed by atoms with Gasteiger partial charge in [0.05, 0.1) is 13.2 Å². The highest BCUT2D eigenvalue weighted by molar-refractivity contribution is 9.10. The molecule has 24 heavy (non-hydrogen) atoms. The van der Waals surface area contributed by atoms with Crippen molar-refractivity contribution in [3.05, 3.63) is 58.5 Å². The number of amides is 1. The molecule has 1 aromatic heterocycles. The Bertz CT molecular complexity index is 709. The van der Waals surface area contributed by atoms with E-state index in [9.17, 15) is 9.59 Å². The van der Waals surface area contributed by atoms with Crippen LogP contribution in [0.2, 0.25) is 0 Å². The van der Waals surface area contributed by atoms with Crippen LogP contribution in [0.4, 0.5) is 0 Å². The van der Waals surface area contributed by atoms with Gasteiger partial charge in [0.15, 0.2) is 4.67 Å². The molecule has 126 valence electrons. The van der Waals surface area contributed by atoms with Crippen molar-refractivity contribution in [1.29, 1.82) is 0 Å². The van der Waals surface area contributed by atoms with Crippen molar-refractivity contribution in [3.63, 3.8) is 0 Å². The first-order valence-electron chi connectivity index (χ1n) is 7.53. The summed E-state index contributed by atoms with van der Waals surface area (Å²) in [6, 6.07) is 12.0. The van der Waals surface area contributed by atoms with Crippen molar-refractivity contribution < 1.29 is 23.5 Å². The fourth-order valence-corrected chi connectivity index (χ4v) is 2.73. The maximum Gasteiger partial charge on any atom is 0.375 e. The number of halogens is 1. The highest BCUT2D eigenvalue weighted by atomic mass is 79.9. The molecule has 1 aliphatic heterocycles. The van der Waals surface area contributed by atoms with Gasteiger partial charge in [0.2, 0.25) is 11.9 Å². The zero-order valence-electron chi connectivity index (χ0n) is 12.8. The average Bonchev–Trinajstić information content (AvgIpc) is 3.07. The van der Waals surface area contributed by atoms with Gasteiger partial charge < -0.3 is 18.8 Å². The van der Waals surface area contributed by atoms with Crippen LogP contribution in [0.3, 0.4) is 0 Å². The predicted octanol–water partition coefficient (Wildman–Crippen LogP) is 2.80. The third kappa shape index (κ3) is 3.85. The number of ether oxygens (including phenoxy) is 2. The Morgan fingerprint density at radius 2 is 1.79 bits per heavy atom. The molecule has 1 saturated heterocycles. The van der Waals surface area contributed by atoms with E-state index in [0.717, 1.165) is 0 Å². The molecule has 1 aromatic carbocycles. The van der Waals surface area contributed by atoms with Crippen molar-refractivity contribution >= 4 is 27.8 Å². The number of morpholine rings is 1. The Hall–Kier alpha value is -2.12. The first-order chi connectivity index (χ1) is 11.6. The standard InChI is InChI=1S/C17H16BrNO5/c18-14-7-6-13(23-14)17(21)24-15(12-4-2-1-3-5-12)16(20)19-8-10-22-11-9-19/h1-7,15H,8-11H2/t15-/m1/s1. The van der Waals surface area contributed by atoms with Gasteiger partial charge in [-0.15, -0.1) is 0 Å². The zero-order chi connectivity index (χ0) is 16.9. The van der Waals surface area contributed by atoms with E-state index in [1.807, 2.05) is 6.07 Å². The molecule has 0 bridgehead atoms. The Kier molecular flexibility index (Phi) is 5.32. The van der Waals surface area contributed by atoms with Crippen LogP contribution in [0.5, 0.6) is 0 Å². The number of rotatable bonds is 4. The molecule has 1 amide bonds. The molecule has 6 nitrogen and oxygen atoms in total. The van der Waals surface area contributed by atoms with Crippen LogP contribution in [-0.2, 0) is 14.3 Å². The third-order valence-electron chi connectivity index (χ3n) is 3.65. The smallest absolute Gasteiger partial charge is 0.375 e. The van der Waals surface area contributed by atoms with Gasteiger partial charge in [0.25, 0.3) is 5.91 Å². The fourth-order valence-electron chi connectivity index (χ4n) is 2.43. The number of furan rings is 1. The molecule has 1 aliphatic rings. The molecule has 2 aromatic rings. The molecule has 0 spiro atoms. The van der Waals surface area contributed by atoms with Gasteiger partial charge in [0, 0.05) is 18.7 Å². The van der Waals surface area contributed by atoms with Crippen LogP contribution < -0.4 is 0 Å². The Labute approximate surface area is 147 Å². The first-order valence-corrected chi connectivity index (χ1v) is 8.32. The lowest BCUT2D eigenvalue weighted by atomic mass is 10.1. The molecule has 0 saturated carbocycles. The highest BCUT2D eigenvalue weighted by Crippen LogP contribution is 2.24. The molecule has 0 unspecified atom stereocenters. The summed E-state index contributed by atoms with van der Waals surface area (Å²) >= 11 is 3.14. The summed E-state index contributed by atoms with van der Waals surface area (Å²) in [5.74, 6) is -0.905. The molecule has 0 aliphatic carbocycles. The minimum atomic E-state index is -1.01. The Morgan fingerprint density at radius 3 is 2.42 bits per heavy atom. The van der Waals surface area contributed by atoms with E-state index in [1.54, 1.807) is 35.2 Å². The van der Waals surface area contributed by atoms with Crippen molar-refractivity contribution in [2.45, 2.75) is 6.10 Å². The van der Waals surface area contributed by atoms with E-state index in [1.165, 1.54) is 6.07 Å². The largest absolute Gasteiger partial charge is 0.442 e. The lowest BCUT2D eigenvalue weighted by Gasteiger charge is -2.30. The lowest BCUT2D eigenvalue weighted by Crippen LogP contribution is -2.44. The molecule has 3 rings (SSSR count). The number of hydrogen-bond donors (Lipinski definition) is 0. The van der Waals surface area contributed by atoms with Crippen LogP contribution in [0.25, 0.3) is 0 Å². The van der Waals surface area contributed by atoms with Crippen molar-refractivity contribution in [2.75, 3.05) is 26.3 Å². The second kappa shape index (κ2) is 7.63. The van der Waals surface area contributed by atoms with Crippen LogP contribution >= 0.6 is 15.9 Å². The summed E-state index contributed by atoms with van der Waals surface area (Å²) in [6.45, 7) is 1.91. The van der Waals surface area contributed by atoms with Crippen molar-refractivity contribution in [1.82, 2.24) is 4.90 Å². The second-order valence-corrected chi connectivity index (χ2v) is 6.02. The summed E-state index contributed by atoms with van der Waals surface area (Å²) in [6.07, 6.45) is -1.01. The maximum atomic E-state index is 12.8. The molecule has 1 fully saturated rings. The molecule has 7 heteroatoms. The summed E-state index contributed by atoms with van der Waals surface area (Å²) < 4.78 is 16.4. The SMILES string of the molecule is O=C(O[C@@H](C(=O)N1CCOCC1)c1ccccc1)c1ccc(Br)o1. The number of hydrogen-bond acceptors (Lipinski definition) is 5. The lowest BCUT2D eigenvalue weighted by molar-refractivity contribution is -0.145. The van der Waals surface area contributed by atoms with E-state index in [-0.39, 0.29) is 11.7 Å². The van der Waals surface area contributed by atoms with Gasteiger partial charge in [-0.2, -0.15) is 0 Å². The van der Waals surface area contributed by atoms with Gasteiger partial charge in [0.1, 0.15) is 0 Å². The van der Waals surface area contributed by atoms with Crippen molar-refractivity contribution in [2.24, 2.45) is 0 Å². The molecule has 2 heterocycles. The van der Waals surface area contributed by atoms with Gasteiger partial charge in [-0.05, 0) is 28.1 Å². The van der Waals surface area contributed by atoms with E-state index in [4.69, 9.17) is 13.9 Å². The Balaban J connectivity index is 1.82. The summed E-state index contributed by atoms with van der Waals surface area (Å²) in [5, 5.41) is 0. The number of carbonyl (C=O) groups is 2. The van der Waals surface area contributed by atoms with Gasteiger partial charge in [-0.1, -0.05) is 30.3 Å². The van der Waals surface area contributed by atoms with Crippen LogP contribution in [0.15, 0.2) is 51.6 Å². The molecule has 0 radical (unpaired) electrons. The van der Waals surface area contributed by atoms with Crippen LogP contribution in [-0.4, -0.2) is 43.1 Å². The number of esters is 1. The van der Waals surface area contributed by atoms with Gasteiger partial charge in [-0.25, -0.2) is 4.79 Å². The number of benzene rings is 1. The van der Waals surface area contributed by atoms with E-state index >= 15 is 0 Å². The average molecular weight is 394 g/mol.